The van der Waals surface area contributed by atoms with E-state index >= 15 is 0 Å². The van der Waals surface area contributed by atoms with Gasteiger partial charge >= 0.3 is 0 Å². The minimum absolute atomic E-state index is 0.669. The second kappa shape index (κ2) is 4.98. The third-order valence-corrected chi connectivity index (χ3v) is 3.53. The minimum atomic E-state index is 0.669. The van der Waals surface area contributed by atoms with Crippen LogP contribution in [-0.4, -0.2) is 16.3 Å². The number of hydrogen-bond acceptors (Lipinski definition) is 3. The molecule has 4 heteroatoms. The predicted octanol–water partition coefficient (Wildman–Crippen LogP) is 2.39. The molecule has 0 spiro atoms. The number of hydrogen-bond donors (Lipinski definition) is 1. The van der Waals surface area contributed by atoms with Crippen molar-refractivity contribution >= 4 is 0 Å². The van der Waals surface area contributed by atoms with Crippen LogP contribution in [0.15, 0.2) is 35.0 Å². The highest BCUT2D eigenvalue weighted by molar-refractivity contribution is 5.17. The molecule has 2 atom stereocenters. The molecule has 1 N–H and O–H groups in total. The fraction of sp³-hybridized carbons (Fsp3) is 0.500. The maximum atomic E-state index is 5.83. The molecule has 96 valence electrons. The minimum Gasteiger partial charge on any atom is -0.464 e. The Hall–Kier alpha value is -1.55. The van der Waals surface area contributed by atoms with Gasteiger partial charge in [0.1, 0.15) is 11.5 Å². The van der Waals surface area contributed by atoms with Crippen molar-refractivity contribution in [2.45, 2.75) is 32.4 Å². The van der Waals surface area contributed by atoms with Crippen LogP contribution < -0.4 is 5.32 Å². The molecule has 1 aliphatic rings. The van der Waals surface area contributed by atoms with E-state index in [1.165, 1.54) is 6.42 Å². The molecule has 2 aromatic heterocycles. The van der Waals surface area contributed by atoms with E-state index < -0.39 is 0 Å². The molecule has 0 aliphatic heterocycles. The van der Waals surface area contributed by atoms with E-state index in [9.17, 15) is 0 Å². The van der Waals surface area contributed by atoms with E-state index in [2.05, 4.69) is 29.5 Å². The summed E-state index contributed by atoms with van der Waals surface area (Å²) in [4.78, 5) is 0. The average molecular weight is 245 g/mol. The number of rotatable bonds is 6. The third-order valence-electron chi connectivity index (χ3n) is 3.53. The number of aromatic nitrogens is 2. The molecule has 0 saturated heterocycles. The lowest BCUT2D eigenvalue weighted by Crippen LogP contribution is -2.19. The summed E-state index contributed by atoms with van der Waals surface area (Å²) in [6.07, 6.45) is 5.05. The van der Waals surface area contributed by atoms with Gasteiger partial charge in [0.15, 0.2) is 0 Å². The smallest absolute Gasteiger partial charge is 0.117 e. The summed E-state index contributed by atoms with van der Waals surface area (Å²) < 4.78 is 7.75. The van der Waals surface area contributed by atoms with E-state index in [4.69, 9.17) is 4.42 Å². The largest absolute Gasteiger partial charge is 0.464 e. The van der Waals surface area contributed by atoms with E-state index in [1.807, 2.05) is 16.9 Å². The lowest BCUT2D eigenvalue weighted by Gasteiger charge is -2.03. The lowest BCUT2D eigenvalue weighted by molar-refractivity contribution is 0.438. The molecule has 0 radical (unpaired) electrons. The highest BCUT2D eigenvalue weighted by atomic mass is 16.3. The standard InChI is InChI=1S/C14H19N3O/c1-11-9-13(11)14-4-3-12(18-14)10-15-6-8-17-7-2-5-16-17/h2-5,7,11,13,15H,6,8-10H2,1H3. The fourth-order valence-corrected chi connectivity index (χ4v) is 2.25. The molecule has 4 nitrogen and oxygen atoms in total. The summed E-state index contributed by atoms with van der Waals surface area (Å²) in [5.74, 6) is 3.66. The van der Waals surface area contributed by atoms with Gasteiger partial charge in [-0.05, 0) is 30.5 Å². The predicted molar refractivity (Wildman–Crippen MR) is 69.2 cm³/mol. The van der Waals surface area contributed by atoms with Gasteiger partial charge in [-0.1, -0.05) is 6.92 Å². The first kappa shape index (κ1) is 11.5. The Morgan fingerprint density at radius 3 is 3.11 bits per heavy atom. The van der Waals surface area contributed by atoms with Crippen molar-refractivity contribution in [2.24, 2.45) is 5.92 Å². The van der Waals surface area contributed by atoms with E-state index in [-0.39, 0.29) is 0 Å². The van der Waals surface area contributed by atoms with Gasteiger partial charge in [-0.2, -0.15) is 5.10 Å². The summed E-state index contributed by atoms with van der Waals surface area (Å²) in [5, 5.41) is 7.53. The molecule has 18 heavy (non-hydrogen) atoms. The molecule has 1 fully saturated rings. The van der Waals surface area contributed by atoms with Gasteiger partial charge in [0.2, 0.25) is 0 Å². The molecule has 2 heterocycles. The molecule has 0 amide bonds. The van der Waals surface area contributed by atoms with Crippen LogP contribution in [0.25, 0.3) is 0 Å². The molecule has 0 bridgehead atoms. The van der Waals surface area contributed by atoms with Crippen molar-refractivity contribution in [3.05, 3.63) is 42.1 Å². The van der Waals surface area contributed by atoms with Crippen LogP contribution in [0.1, 0.15) is 30.8 Å². The van der Waals surface area contributed by atoms with Gasteiger partial charge in [0.25, 0.3) is 0 Å². The molecule has 2 unspecified atom stereocenters. The zero-order valence-corrected chi connectivity index (χ0v) is 10.7. The quantitative estimate of drug-likeness (QED) is 0.795. The van der Waals surface area contributed by atoms with Crippen molar-refractivity contribution in [2.75, 3.05) is 6.54 Å². The lowest BCUT2D eigenvalue weighted by atomic mass is 10.3. The van der Waals surface area contributed by atoms with Gasteiger partial charge in [0.05, 0.1) is 13.1 Å². The van der Waals surface area contributed by atoms with E-state index in [0.29, 0.717) is 5.92 Å². The highest BCUT2D eigenvalue weighted by Gasteiger charge is 2.36. The number of nitrogens with zero attached hydrogens (tertiary/aromatic N) is 2. The number of nitrogens with one attached hydrogen (secondary N) is 1. The maximum Gasteiger partial charge on any atom is 0.117 e. The van der Waals surface area contributed by atoms with E-state index in [0.717, 1.165) is 37.1 Å². The summed E-state index contributed by atoms with van der Waals surface area (Å²) >= 11 is 0. The van der Waals surface area contributed by atoms with Crippen LogP contribution in [0, 0.1) is 5.92 Å². The van der Waals surface area contributed by atoms with Crippen LogP contribution in [-0.2, 0) is 13.1 Å². The van der Waals surface area contributed by atoms with E-state index in [1.54, 1.807) is 6.20 Å². The van der Waals surface area contributed by atoms with Gasteiger partial charge in [-0.3, -0.25) is 4.68 Å². The summed E-state index contributed by atoms with van der Waals surface area (Å²) in [5.41, 5.74) is 0. The highest BCUT2D eigenvalue weighted by Crippen LogP contribution is 2.47. The van der Waals surface area contributed by atoms with Crippen molar-refractivity contribution in [3.63, 3.8) is 0 Å². The molecule has 1 saturated carbocycles. The fourth-order valence-electron chi connectivity index (χ4n) is 2.25. The van der Waals surface area contributed by atoms with Gasteiger partial charge in [-0.25, -0.2) is 0 Å². The topological polar surface area (TPSA) is 43.0 Å². The summed E-state index contributed by atoms with van der Waals surface area (Å²) in [7, 11) is 0. The molecular weight excluding hydrogens is 226 g/mol. The first-order valence-electron chi connectivity index (χ1n) is 6.59. The Labute approximate surface area is 107 Å². The molecule has 2 aromatic rings. The Bertz CT molecular complexity index is 489. The van der Waals surface area contributed by atoms with Crippen LogP contribution in [0.4, 0.5) is 0 Å². The Morgan fingerprint density at radius 2 is 2.39 bits per heavy atom. The maximum absolute atomic E-state index is 5.83. The summed E-state index contributed by atoms with van der Waals surface area (Å²) in [6, 6.07) is 6.15. The van der Waals surface area contributed by atoms with Crippen molar-refractivity contribution < 1.29 is 4.42 Å². The van der Waals surface area contributed by atoms with Crippen molar-refractivity contribution in [1.29, 1.82) is 0 Å². The zero-order valence-electron chi connectivity index (χ0n) is 10.7. The van der Waals surface area contributed by atoms with Gasteiger partial charge in [-0.15, -0.1) is 0 Å². The Morgan fingerprint density at radius 1 is 1.50 bits per heavy atom. The molecule has 3 rings (SSSR count). The first-order valence-corrected chi connectivity index (χ1v) is 6.59. The van der Waals surface area contributed by atoms with Crippen molar-refractivity contribution in [1.82, 2.24) is 15.1 Å². The SMILES string of the molecule is CC1CC1c1ccc(CNCCn2cccn2)o1. The van der Waals surface area contributed by atoms with Crippen molar-refractivity contribution in [3.8, 4) is 0 Å². The average Bonchev–Trinajstić information content (AvgIpc) is 2.86. The van der Waals surface area contributed by atoms with Crippen LogP contribution in [0.3, 0.4) is 0 Å². The molecular formula is C14H19N3O. The monoisotopic (exact) mass is 245 g/mol. The second-order valence-electron chi connectivity index (χ2n) is 5.07. The normalized spacial score (nSPS) is 22.3. The molecule has 1 aliphatic carbocycles. The number of furan rings is 1. The Balaban J connectivity index is 1.41. The van der Waals surface area contributed by atoms with Crippen LogP contribution in [0.5, 0.6) is 0 Å². The Kier molecular flexibility index (Phi) is 3.19. The third kappa shape index (κ3) is 2.64. The van der Waals surface area contributed by atoms with Crippen LogP contribution >= 0.6 is 0 Å². The zero-order chi connectivity index (χ0) is 12.4. The molecule has 0 aromatic carbocycles. The van der Waals surface area contributed by atoms with Gasteiger partial charge < -0.3 is 9.73 Å². The first-order chi connectivity index (χ1) is 8.83. The van der Waals surface area contributed by atoms with Crippen LogP contribution in [0.2, 0.25) is 0 Å². The van der Waals surface area contributed by atoms with Gasteiger partial charge in [0, 0.05) is 24.9 Å². The second-order valence-corrected chi connectivity index (χ2v) is 5.07. The summed E-state index contributed by atoms with van der Waals surface area (Å²) in [6.45, 7) is 4.86.